The SMILES string of the molecule is CNC(=O)c1cc(Cc2ccccc2C(C)C)c(O)c(O)c1O. The Hall–Kier alpha value is -2.69. The Bertz CT molecular complexity index is 738. The van der Waals surface area contributed by atoms with Crippen molar-refractivity contribution >= 4 is 5.91 Å². The zero-order chi connectivity index (χ0) is 17.1. The molecular formula is C18H21NO4. The van der Waals surface area contributed by atoms with Gasteiger partial charge in [-0.05, 0) is 23.1 Å². The molecule has 1 amide bonds. The summed E-state index contributed by atoms with van der Waals surface area (Å²) in [5.41, 5.74) is 2.43. The van der Waals surface area contributed by atoms with Gasteiger partial charge in [-0.15, -0.1) is 0 Å². The summed E-state index contributed by atoms with van der Waals surface area (Å²) in [6, 6.07) is 9.21. The summed E-state index contributed by atoms with van der Waals surface area (Å²) >= 11 is 0. The van der Waals surface area contributed by atoms with E-state index >= 15 is 0 Å². The van der Waals surface area contributed by atoms with Crippen LogP contribution in [0.1, 0.15) is 46.8 Å². The number of phenols is 3. The lowest BCUT2D eigenvalue weighted by molar-refractivity contribution is 0.0959. The van der Waals surface area contributed by atoms with Gasteiger partial charge in [0.15, 0.2) is 11.5 Å². The highest BCUT2D eigenvalue weighted by Gasteiger charge is 2.21. The van der Waals surface area contributed by atoms with Crippen LogP contribution in [0.5, 0.6) is 17.2 Å². The van der Waals surface area contributed by atoms with Crippen molar-refractivity contribution in [2.24, 2.45) is 0 Å². The van der Waals surface area contributed by atoms with Crippen LogP contribution in [0.15, 0.2) is 30.3 Å². The summed E-state index contributed by atoms with van der Waals surface area (Å²) in [5, 5.41) is 32.2. The first-order valence-corrected chi connectivity index (χ1v) is 7.43. The average Bonchev–Trinajstić information content (AvgIpc) is 2.54. The molecule has 2 aromatic carbocycles. The maximum absolute atomic E-state index is 11.8. The minimum Gasteiger partial charge on any atom is -0.504 e. The number of amides is 1. The van der Waals surface area contributed by atoms with Gasteiger partial charge in [0.25, 0.3) is 5.91 Å². The molecule has 0 saturated heterocycles. The summed E-state index contributed by atoms with van der Waals surface area (Å²) in [4.78, 5) is 11.8. The molecule has 0 unspecified atom stereocenters. The van der Waals surface area contributed by atoms with Crippen molar-refractivity contribution in [1.82, 2.24) is 5.32 Å². The van der Waals surface area contributed by atoms with E-state index in [4.69, 9.17) is 0 Å². The average molecular weight is 315 g/mol. The highest BCUT2D eigenvalue weighted by molar-refractivity contribution is 5.98. The van der Waals surface area contributed by atoms with Gasteiger partial charge in [-0.1, -0.05) is 38.1 Å². The number of carbonyl (C=O) groups excluding carboxylic acids is 1. The second-order valence-electron chi connectivity index (χ2n) is 5.74. The van der Waals surface area contributed by atoms with Crippen LogP contribution >= 0.6 is 0 Å². The number of rotatable bonds is 4. The largest absolute Gasteiger partial charge is 0.504 e. The van der Waals surface area contributed by atoms with Crippen LogP contribution in [0.3, 0.4) is 0 Å². The van der Waals surface area contributed by atoms with Crippen LogP contribution < -0.4 is 5.32 Å². The van der Waals surface area contributed by atoms with Gasteiger partial charge < -0.3 is 20.6 Å². The van der Waals surface area contributed by atoms with Crippen molar-refractivity contribution in [2.45, 2.75) is 26.2 Å². The van der Waals surface area contributed by atoms with Crippen LogP contribution in [0.2, 0.25) is 0 Å². The Morgan fingerprint density at radius 3 is 2.30 bits per heavy atom. The molecule has 0 aliphatic rings. The fourth-order valence-electron chi connectivity index (χ4n) is 2.61. The van der Waals surface area contributed by atoms with E-state index in [9.17, 15) is 20.1 Å². The molecule has 0 aromatic heterocycles. The van der Waals surface area contributed by atoms with E-state index in [1.165, 1.54) is 13.1 Å². The van der Waals surface area contributed by atoms with Gasteiger partial charge >= 0.3 is 0 Å². The van der Waals surface area contributed by atoms with Crippen LogP contribution in [0, 0.1) is 0 Å². The molecular weight excluding hydrogens is 294 g/mol. The molecule has 2 aromatic rings. The molecule has 0 saturated carbocycles. The van der Waals surface area contributed by atoms with Crippen molar-refractivity contribution < 1.29 is 20.1 Å². The van der Waals surface area contributed by atoms with E-state index in [1.807, 2.05) is 24.3 Å². The predicted octanol–water partition coefficient (Wildman–Crippen LogP) is 2.88. The van der Waals surface area contributed by atoms with Gasteiger partial charge in [-0.25, -0.2) is 0 Å². The second kappa shape index (κ2) is 6.60. The van der Waals surface area contributed by atoms with Crippen LogP contribution in [0.4, 0.5) is 0 Å². The Kier molecular flexibility index (Phi) is 4.79. The van der Waals surface area contributed by atoms with Gasteiger partial charge in [0, 0.05) is 19.0 Å². The third-order valence-corrected chi connectivity index (χ3v) is 3.86. The maximum Gasteiger partial charge on any atom is 0.254 e. The van der Waals surface area contributed by atoms with E-state index in [1.54, 1.807) is 0 Å². The Balaban J connectivity index is 2.53. The first-order chi connectivity index (χ1) is 10.9. The molecule has 122 valence electrons. The monoisotopic (exact) mass is 315 g/mol. The van der Waals surface area contributed by atoms with E-state index in [2.05, 4.69) is 19.2 Å². The predicted molar refractivity (Wildman–Crippen MR) is 88.2 cm³/mol. The molecule has 4 N–H and O–H groups in total. The summed E-state index contributed by atoms with van der Waals surface area (Å²) in [6.07, 6.45) is 0.345. The molecule has 0 heterocycles. The van der Waals surface area contributed by atoms with Crippen LogP contribution in [-0.2, 0) is 6.42 Å². The number of hydrogen-bond donors (Lipinski definition) is 4. The van der Waals surface area contributed by atoms with E-state index in [0.717, 1.165) is 11.1 Å². The number of benzene rings is 2. The van der Waals surface area contributed by atoms with E-state index < -0.39 is 23.2 Å². The van der Waals surface area contributed by atoms with Crippen LogP contribution in [-0.4, -0.2) is 28.3 Å². The molecule has 0 aliphatic carbocycles. The molecule has 23 heavy (non-hydrogen) atoms. The zero-order valence-corrected chi connectivity index (χ0v) is 13.4. The summed E-state index contributed by atoms with van der Waals surface area (Å²) in [7, 11) is 1.43. The molecule has 5 heteroatoms. The lowest BCUT2D eigenvalue weighted by atomic mass is 9.92. The standard InChI is InChI=1S/C18H21NO4/c1-10(2)13-7-5-4-6-11(13)8-12-9-14(18(23)19-3)16(21)17(22)15(12)20/h4-7,9-10,20-22H,8H2,1-3H3,(H,19,23). The highest BCUT2D eigenvalue weighted by Crippen LogP contribution is 2.41. The molecule has 2 rings (SSSR count). The van der Waals surface area contributed by atoms with Crippen molar-refractivity contribution in [3.8, 4) is 17.2 Å². The summed E-state index contributed by atoms with van der Waals surface area (Å²) in [5.74, 6) is -1.94. The molecule has 0 atom stereocenters. The minimum absolute atomic E-state index is 0.0696. The van der Waals surface area contributed by atoms with Crippen molar-refractivity contribution in [2.75, 3.05) is 7.05 Å². The van der Waals surface area contributed by atoms with Crippen molar-refractivity contribution in [3.05, 3.63) is 52.6 Å². The molecule has 0 bridgehead atoms. The number of carbonyl (C=O) groups is 1. The van der Waals surface area contributed by atoms with Gasteiger partial charge in [-0.2, -0.15) is 0 Å². The fraction of sp³-hybridized carbons (Fsp3) is 0.278. The first-order valence-electron chi connectivity index (χ1n) is 7.43. The summed E-state index contributed by atoms with van der Waals surface area (Å²) in [6.45, 7) is 4.14. The smallest absolute Gasteiger partial charge is 0.254 e. The van der Waals surface area contributed by atoms with Gasteiger partial charge in [0.2, 0.25) is 5.75 Å². The summed E-state index contributed by atoms with van der Waals surface area (Å²) < 4.78 is 0. The fourth-order valence-corrected chi connectivity index (χ4v) is 2.61. The van der Waals surface area contributed by atoms with Crippen molar-refractivity contribution in [3.63, 3.8) is 0 Å². The van der Waals surface area contributed by atoms with Gasteiger partial charge in [-0.3, -0.25) is 4.79 Å². The number of aromatic hydroxyl groups is 3. The molecule has 5 nitrogen and oxygen atoms in total. The topological polar surface area (TPSA) is 89.8 Å². The lowest BCUT2D eigenvalue weighted by Crippen LogP contribution is -2.18. The zero-order valence-electron chi connectivity index (χ0n) is 13.4. The van der Waals surface area contributed by atoms with E-state index in [-0.39, 0.29) is 5.56 Å². The maximum atomic E-state index is 11.8. The Morgan fingerprint density at radius 1 is 1.04 bits per heavy atom. The molecule has 0 fully saturated rings. The number of hydrogen-bond acceptors (Lipinski definition) is 4. The normalized spacial score (nSPS) is 10.8. The Labute approximate surface area is 135 Å². The molecule has 0 spiro atoms. The van der Waals surface area contributed by atoms with Gasteiger partial charge in [0.1, 0.15) is 0 Å². The Morgan fingerprint density at radius 2 is 1.70 bits per heavy atom. The van der Waals surface area contributed by atoms with Gasteiger partial charge in [0.05, 0.1) is 5.56 Å². The van der Waals surface area contributed by atoms with E-state index in [0.29, 0.717) is 17.9 Å². The minimum atomic E-state index is -0.678. The third kappa shape index (κ3) is 3.23. The van der Waals surface area contributed by atoms with Crippen molar-refractivity contribution in [1.29, 1.82) is 0 Å². The molecule has 0 radical (unpaired) electrons. The van der Waals surface area contributed by atoms with Crippen LogP contribution in [0.25, 0.3) is 0 Å². The lowest BCUT2D eigenvalue weighted by Gasteiger charge is -2.15. The highest BCUT2D eigenvalue weighted by atomic mass is 16.3. The number of nitrogens with one attached hydrogen (secondary N) is 1. The first kappa shape index (κ1) is 16.7. The second-order valence-corrected chi connectivity index (χ2v) is 5.74. The molecule has 0 aliphatic heterocycles. The number of phenolic OH excluding ortho intramolecular Hbond substituents is 3. The quantitative estimate of drug-likeness (QED) is 0.653. The third-order valence-electron chi connectivity index (χ3n) is 3.86.